The summed E-state index contributed by atoms with van der Waals surface area (Å²) in [5, 5.41) is 6.66. The van der Waals surface area contributed by atoms with Crippen molar-refractivity contribution in [1.82, 2.24) is 4.72 Å². The smallest absolute Gasteiger partial charge is 0.385 e. The number of urea groups is 1. The number of nitrogens with two attached hydrogens (primary N) is 1. The van der Waals surface area contributed by atoms with E-state index in [0.29, 0.717) is 0 Å². The molecular weight excluding hydrogens is 132 g/mol. The Morgan fingerprint density at radius 3 is 2.25 bits per heavy atom. The highest BCUT2D eigenvalue weighted by Gasteiger charge is 1.97. The Bertz CT molecular complexity index is 99.9. The van der Waals surface area contributed by atoms with Gasteiger partial charge in [-0.15, -0.1) is 0 Å². The Morgan fingerprint density at radius 1 is 1.62 bits per heavy atom. The second kappa shape index (κ2) is 3.14. The van der Waals surface area contributed by atoms with Crippen molar-refractivity contribution in [2.45, 2.75) is 0 Å². The first-order valence-electron chi connectivity index (χ1n) is 1.58. The Morgan fingerprint density at radius 2 is 2.12 bits per heavy atom. The van der Waals surface area contributed by atoms with Gasteiger partial charge in [0, 0.05) is 0 Å². The van der Waals surface area contributed by atoms with Crippen LogP contribution < -0.4 is 10.5 Å². The molecule has 0 bridgehead atoms. The molecule has 8 heavy (non-hydrogen) atoms. The molecule has 2 amide bonds. The van der Waals surface area contributed by atoms with Gasteiger partial charge in [-0.3, -0.25) is 4.72 Å². The van der Waals surface area contributed by atoms with E-state index in [9.17, 15) is 9.59 Å². The molecule has 0 aromatic carbocycles. The van der Waals surface area contributed by atoms with Gasteiger partial charge in [-0.1, -0.05) is 0 Å². The minimum absolute atomic E-state index is 0.231. The first kappa shape index (κ1) is 7.09. The molecule has 0 saturated carbocycles. The number of nitrogens with one attached hydrogen (secondary N) is 1. The number of carboxylic acid groups (broad SMARTS) is 1. The van der Waals surface area contributed by atoms with Crippen molar-refractivity contribution < 1.29 is 14.7 Å². The van der Waals surface area contributed by atoms with Crippen LogP contribution in [0, 0.1) is 0 Å². The van der Waals surface area contributed by atoms with Crippen molar-refractivity contribution in [2.24, 2.45) is 5.73 Å². The van der Waals surface area contributed by atoms with Crippen molar-refractivity contribution in [1.29, 1.82) is 0 Å². The highest BCUT2D eigenvalue weighted by molar-refractivity contribution is 8.11. The van der Waals surface area contributed by atoms with Crippen LogP contribution in [0.2, 0.25) is 0 Å². The van der Waals surface area contributed by atoms with Crippen LogP contribution in [0.25, 0.3) is 0 Å². The summed E-state index contributed by atoms with van der Waals surface area (Å²) in [7, 11) is 0. The standard InChI is InChI=1S/C2H4N2O3S/c3-1(5)4-8-2(6)7/h(H,6,7)(H3,3,4,5). The van der Waals surface area contributed by atoms with Gasteiger partial charge < -0.3 is 10.8 Å². The molecular formula is C2H4N2O3S. The van der Waals surface area contributed by atoms with Gasteiger partial charge in [0.1, 0.15) is 0 Å². The predicted molar refractivity (Wildman–Crippen MR) is 28.3 cm³/mol. The summed E-state index contributed by atoms with van der Waals surface area (Å²) in [6, 6.07) is -0.864. The van der Waals surface area contributed by atoms with Crippen LogP contribution in [0.4, 0.5) is 9.59 Å². The number of carbonyl (C=O) groups excluding carboxylic acids is 1. The van der Waals surface area contributed by atoms with Crippen molar-refractivity contribution in [3.05, 3.63) is 0 Å². The lowest BCUT2D eigenvalue weighted by Gasteiger charge is -1.90. The average Bonchev–Trinajstić information content (AvgIpc) is 1.61. The fraction of sp³-hybridized carbons (Fsp3) is 0. The summed E-state index contributed by atoms with van der Waals surface area (Å²) in [6.45, 7) is 0. The highest BCUT2D eigenvalue weighted by Crippen LogP contribution is 1.90. The van der Waals surface area contributed by atoms with E-state index in [4.69, 9.17) is 5.11 Å². The van der Waals surface area contributed by atoms with Gasteiger partial charge in [-0.25, -0.2) is 9.59 Å². The van der Waals surface area contributed by atoms with Gasteiger partial charge in [0.15, 0.2) is 0 Å². The molecule has 0 aliphatic heterocycles. The lowest BCUT2D eigenvalue weighted by molar-refractivity contribution is 0.221. The summed E-state index contributed by atoms with van der Waals surface area (Å²) in [4.78, 5) is 19.3. The molecule has 0 aromatic heterocycles. The minimum atomic E-state index is -1.19. The molecule has 0 spiro atoms. The van der Waals surface area contributed by atoms with Gasteiger partial charge in [0.25, 0.3) is 0 Å². The molecule has 0 aliphatic rings. The quantitative estimate of drug-likeness (QED) is 0.408. The van der Waals surface area contributed by atoms with Crippen LogP contribution in [0.5, 0.6) is 0 Å². The second-order valence-electron chi connectivity index (χ2n) is 0.834. The fourth-order valence-electron chi connectivity index (χ4n) is 0.0940. The lowest BCUT2D eigenvalue weighted by atomic mass is 11.2. The van der Waals surface area contributed by atoms with E-state index >= 15 is 0 Å². The summed E-state index contributed by atoms with van der Waals surface area (Å²) >= 11 is 0.231. The zero-order chi connectivity index (χ0) is 6.57. The Balaban J connectivity index is 3.18. The second-order valence-corrected chi connectivity index (χ2v) is 1.59. The predicted octanol–water partition coefficient (Wildman–Crippen LogP) is -0.0191. The van der Waals surface area contributed by atoms with Crippen molar-refractivity contribution in [2.75, 3.05) is 0 Å². The summed E-state index contributed by atoms with van der Waals surface area (Å²) in [6.07, 6.45) is 0. The number of primary amides is 1. The molecule has 6 heteroatoms. The molecule has 4 N–H and O–H groups in total. The number of rotatable bonds is 0. The molecule has 0 saturated heterocycles. The first-order chi connectivity index (χ1) is 3.63. The minimum Gasteiger partial charge on any atom is -0.472 e. The van der Waals surface area contributed by atoms with Gasteiger partial charge in [-0.2, -0.15) is 0 Å². The van der Waals surface area contributed by atoms with Crippen LogP contribution in [-0.2, 0) is 0 Å². The van der Waals surface area contributed by atoms with Crippen LogP contribution in [0.15, 0.2) is 0 Å². The maximum atomic E-state index is 9.73. The molecule has 0 aromatic rings. The molecule has 0 rings (SSSR count). The molecule has 5 nitrogen and oxygen atoms in total. The zero-order valence-electron chi connectivity index (χ0n) is 3.75. The van der Waals surface area contributed by atoms with E-state index in [0.717, 1.165) is 0 Å². The van der Waals surface area contributed by atoms with E-state index in [1.54, 1.807) is 4.72 Å². The van der Waals surface area contributed by atoms with Crippen molar-refractivity contribution in [3.63, 3.8) is 0 Å². The topological polar surface area (TPSA) is 92.4 Å². The maximum absolute atomic E-state index is 9.73. The molecule has 0 unspecified atom stereocenters. The summed E-state index contributed by atoms with van der Waals surface area (Å²) in [5.41, 5.74) is 4.51. The van der Waals surface area contributed by atoms with E-state index < -0.39 is 11.3 Å². The van der Waals surface area contributed by atoms with Gasteiger partial charge in [0.05, 0.1) is 11.9 Å². The highest BCUT2D eigenvalue weighted by atomic mass is 32.2. The molecule has 0 atom stereocenters. The van der Waals surface area contributed by atoms with E-state index in [1.165, 1.54) is 0 Å². The van der Waals surface area contributed by atoms with E-state index in [2.05, 4.69) is 5.73 Å². The molecule has 46 valence electrons. The Kier molecular flexibility index (Phi) is 2.78. The molecule has 0 heterocycles. The third kappa shape index (κ3) is 5.09. The third-order valence-corrected chi connectivity index (χ3v) is 0.717. The number of hydrogen-bond donors (Lipinski definition) is 3. The number of hydrogen-bond acceptors (Lipinski definition) is 3. The Labute approximate surface area is 49.4 Å². The lowest BCUT2D eigenvalue weighted by Crippen LogP contribution is -2.24. The van der Waals surface area contributed by atoms with Crippen LogP contribution in [0.1, 0.15) is 0 Å². The SMILES string of the molecule is NC(=O)NSC(=O)O. The van der Waals surface area contributed by atoms with Crippen molar-refractivity contribution in [3.8, 4) is 0 Å². The van der Waals surface area contributed by atoms with E-state index in [-0.39, 0.29) is 11.9 Å². The van der Waals surface area contributed by atoms with E-state index in [1.807, 2.05) is 0 Å². The number of carbonyl (C=O) groups is 2. The van der Waals surface area contributed by atoms with Crippen molar-refractivity contribution >= 4 is 23.3 Å². The largest absolute Gasteiger partial charge is 0.472 e. The van der Waals surface area contributed by atoms with Gasteiger partial charge in [-0.05, 0) is 0 Å². The number of amides is 2. The Hall–Kier alpha value is -0.910. The van der Waals surface area contributed by atoms with Crippen LogP contribution >= 0.6 is 11.9 Å². The summed E-state index contributed by atoms with van der Waals surface area (Å²) in [5.74, 6) is 0. The third-order valence-electron chi connectivity index (χ3n) is 0.239. The average molecular weight is 136 g/mol. The normalized spacial score (nSPS) is 8.00. The fourth-order valence-corrected chi connectivity index (χ4v) is 0.282. The van der Waals surface area contributed by atoms with Crippen LogP contribution in [0.3, 0.4) is 0 Å². The molecule has 0 fully saturated rings. The summed E-state index contributed by atoms with van der Waals surface area (Å²) < 4.78 is 1.80. The molecule has 0 aliphatic carbocycles. The van der Waals surface area contributed by atoms with Gasteiger partial charge in [0.2, 0.25) is 0 Å². The van der Waals surface area contributed by atoms with Crippen LogP contribution in [-0.4, -0.2) is 16.4 Å². The molecule has 0 radical (unpaired) electrons. The first-order valence-corrected chi connectivity index (χ1v) is 2.40. The maximum Gasteiger partial charge on any atom is 0.385 e. The van der Waals surface area contributed by atoms with Gasteiger partial charge >= 0.3 is 11.3 Å². The zero-order valence-corrected chi connectivity index (χ0v) is 4.57. The monoisotopic (exact) mass is 136 g/mol.